The lowest BCUT2D eigenvalue weighted by Crippen LogP contribution is -2.35. The van der Waals surface area contributed by atoms with Crippen LogP contribution in [-0.2, 0) is 9.47 Å². The summed E-state index contributed by atoms with van der Waals surface area (Å²) in [5.41, 5.74) is 0. The largest absolute Gasteiger partial charge is 0.377 e. The minimum absolute atomic E-state index is 0. The van der Waals surface area contributed by atoms with Crippen LogP contribution in [0.4, 0.5) is 0 Å². The third-order valence-corrected chi connectivity index (χ3v) is 2.62. The summed E-state index contributed by atoms with van der Waals surface area (Å²) in [4.78, 5) is 8.49. The normalized spacial score (nSPS) is 18.1. The summed E-state index contributed by atoms with van der Waals surface area (Å²) in [6.07, 6.45) is 2.60. The van der Waals surface area contributed by atoms with Gasteiger partial charge < -0.3 is 19.3 Å². The van der Waals surface area contributed by atoms with Crippen molar-refractivity contribution in [1.82, 2.24) is 9.80 Å². The van der Waals surface area contributed by atoms with Gasteiger partial charge in [-0.05, 0) is 12.8 Å². The Kier molecular flexibility index (Phi) is 9.76. The Balaban J connectivity index is 0.00000289. The lowest BCUT2D eigenvalue weighted by molar-refractivity contribution is 0.0199. The molecule has 0 aromatic carbocycles. The highest BCUT2D eigenvalue weighted by Gasteiger charge is 2.14. The van der Waals surface area contributed by atoms with Crippen molar-refractivity contribution >= 4 is 29.9 Å². The van der Waals surface area contributed by atoms with Crippen LogP contribution < -0.4 is 0 Å². The van der Waals surface area contributed by atoms with Gasteiger partial charge in [0.2, 0.25) is 0 Å². The molecular weight excluding hydrogens is 345 g/mol. The van der Waals surface area contributed by atoms with E-state index >= 15 is 0 Å². The zero-order chi connectivity index (χ0) is 12.7. The monoisotopic (exact) mass is 371 g/mol. The van der Waals surface area contributed by atoms with E-state index in [0.717, 1.165) is 25.4 Å². The summed E-state index contributed by atoms with van der Waals surface area (Å²) in [7, 11) is 7.97. The minimum Gasteiger partial charge on any atom is -0.377 e. The predicted molar refractivity (Wildman–Crippen MR) is 84.9 cm³/mol. The number of hydrogen-bond acceptors (Lipinski definition) is 3. The Morgan fingerprint density at radius 2 is 1.94 bits per heavy atom. The van der Waals surface area contributed by atoms with E-state index in [1.165, 1.54) is 0 Å². The average Bonchev–Trinajstić information content (AvgIpc) is 2.74. The highest BCUT2D eigenvalue weighted by molar-refractivity contribution is 14.0. The van der Waals surface area contributed by atoms with Gasteiger partial charge >= 0.3 is 0 Å². The summed E-state index contributed by atoms with van der Waals surface area (Å²) in [6.45, 7) is 2.94. The van der Waals surface area contributed by atoms with E-state index in [1.807, 2.05) is 38.0 Å². The molecule has 0 bridgehead atoms. The fraction of sp³-hybridized carbons (Fsp3) is 0.917. The molecule has 1 unspecified atom stereocenters. The molecule has 1 heterocycles. The Hall–Kier alpha value is -0.0800. The van der Waals surface area contributed by atoms with Crippen LogP contribution in [0.2, 0.25) is 0 Å². The van der Waals surface area contributed by atoms with Gasteiger partial charge in [-0.3, -0.25) is 4.99 Å². The molecule has 0 radical (unpaired) electrons. The van der Waals surface area contributed by atoms with Crippen LogP contribution in [0.25, 0.3) is 0 Å². The molecule has 0 aromatic heterocycles. The number of halogens is 1. The topological polar surface area (TPSA) is 37.3 Å². The molecule has 6 heteroatoms. The number of ether oxygens (including phenoxy) is 2. The number of guanidine groups is 1. The molecule has 1 aliphatic rings. The zero-order valence-corrected chi connectivity index (χ0v) is 14.2. The van der Waals surface area contributed by atoms with Crippen LogP contribution in [0.3, 0.4) is 0 Å². The maximum atomic E-state index is 5.56. The summed E-state index contributed by atoms with van der Waals surface area (Å²) in [6, 6.07) is 0. The van der Waals surface area contributed by atoms with Gasteiger partial charge in [0.1, 0.15) is 0 Å². The van der Waals surface area contributed by atoms with Crippen molar-refractivity contribution in [2.24, 2.45) is 4.99 Å². The first-order valence-corrected chi connectivity index (χ1v) is 6.19. The predicted octanol–water partition coefficient (Wildman–Crippen LogP) is 1.28. The lowest BCUT2D eigenvalue weighted by Gasteiger charge is -2.22. The summed E-state index contributed by atoms with van der Waals surface area (Å²) < 4.78 is 11.0. The third kappa shape index (κ3) is 6.75. The molecule has 108 valence electrons. The Bertz CT molecular complexity index is 231. The van der Waals surface area contributed by atoms with Crippen LogP contribution in [0.5, 0.6) is 0 Å². The van der Waals surface area contributed by atoms with Crippen molar-refractivity contribution in [2.45, 2.75) is 18.9 Å². The number of rotatable bonds is 5. The van der Waals surface area contributed by atoms with E-state index in [4.69, 9.17) is 9.47 Å². The number of aliphatic imine (C=N–C) groups is 1. The van der Waals surface area contributed by atoms with Gasteiger partial charge in [-0.25, -0.2) is 0 Å². The van der Waals surface area contributed by atoms with Crippen molar-refractivity contribution in [3.63, 3.8) is 0 Å². The Morgan fingerprint density at radius 1 is 1.28 bits per heavy atom. The smallest absolute Gasteiger partial charge is 0.195 e. The first-order valence-electron chi connectivity index (χ1n) is 6.19. The molecule has 1 fully saturated rings. The molecule has 5 nitrogen and oxygen atoms in total. The Labute approximate surface area is 128 Å². The van der Waals surface area contributed by atoms with E-state index in [-0.39, 0.29) is 24.0 Å². The van der Waals surface area contributed by atoms with Crippen molar-refractivity contribution in [3.05, 3.63) is 0 Å². The molecule has 0 spiro atoms. The molecule has 1 rings (SSSR count). The summed E-state index contributed by atoms with van der Waals surface area (Å²) >= 11 is 0. The van der Waals surface area contributed by atoms with Gasteiger partial charge in [-0.15, -0.1) is 24.0 Å². The second-order valence-corrected chi connectivity index (χ2v) is 4.68. The molecule has 18 heavy (non-hydrogen) atoms. The van der Waals surface area contributed by atoms with Crippen LogP contribution in [-0.4, -0.2) is 76.4 Å². The summed E-state index contributed by atoms with van der Waals surface area (Å²) in [5.74, 6) is 0.964. The van der Waals surface area contributed by atoms with Crippen LogP contribution in [0.1, 0.15) is 12.8 Å². The van der Waals surface area contributed by atoms with E-state index in [9.17, 15) is 0 Å². The quantitative estimate of drug-likeness (QED) is 0.316. The van der Waals surface area contributed by atoms with Gasteiger partial charge in [-0.2, -0.15) is 0 Å². The van der Waals surface area contributed by atoms with Gasteiger partial charge in [0.25, 0.3) is 0 Å². The molecule has 0 N–H and O–H groups in total. The van der Waals surface area contributed by atoms with Crippen molar-refractivity contribution < 1.29 is 9.47 Å². The molecule has 0 aliphatic carbocycles. The summed E-state index contributed by atoms with van der Waals surface area (Å²) in [5, 5.41) is 0. The molecular formula is C12H26IN3O2. The SMILES string of the molecule is CN(C)C(=NCCOCC1CCCO1)N(C)C.I. The van der Waals surface area contributed by atoms with Crippen molar-refractivity contribution in [3.8, 4) is 0 Å². The van der Waals surface area contributed by atoms with Crippen LogP contribution in [0, 0.1) is 0 Å². The van der Waals surface area contributed by atoms with E-state index in [0.29, 0.717) is 25.9 Å². The lowest BCUT2D eigenvalue weighted by atomic mass is 10.2. The fourth-order valence-corrected chi connectivity index (χ4v) is 1.88. The van der Waals surface area contributed by atoms with Gasteiger partial charge in [0.05, 0.1) is 25.9 Å². The standard InChI is InChI=1S/C12H25N3O2.HI/c1-14(2)12(15(3)4)13-7-9-16-10-11-6-5-8-17-11;/h11H,5-10H2,1-4H3;1H. The first kappa shape index (κ1) is 17.9. The molecule has 0 amide bonds. The molecule has 0 saturated carbocycles. The maximum absolute atomic E-state index is 5.56. The molecule has 1 saturated heterocycles. The average molecular weight is 371 g/mol. The molecule has 0 aromatic rings. The fourth-order valence-electron chi connectivity index (χ4n) is 1.88. The zero-order valence-electron chi connectivity index (χ0n) is 11.9. The van der Waals surface area contributed by atoms with E-state index in [1.54, 1.807) is 0 Å². The van der Waals surface area contributed by atoms with E-state index in [2.05, 4.69) is 4.99 Å². The molecule has 1 atom stereocenters. The van der Waals surface area contributed by atoms with Crippen LogP contribution >= 0.6 is 24.0 Å². The minimum atomic E-state index is 0. The second-order valence-electron chi connectivity index (χ2n) is 4.68. The Morgan fingerprint density at radius 3 is 2.44 bits per heavy atom. The highest BCUT2D eigenvalue weighted by Crippen LogP contribution is 2.11. The third-order valence-electron chi connectivity index (χ3n) is 2.62. The van der Waals surface area contributed by atoms with E-state index < -0.39 is 0 Å². The number of hydrogen-bond donors (Lipinski definition) is 0. The first-order chi connectivity index (χ1) is 8.11. The second kappa shape index (κ2) is 9.80. The van der Waals surface area contributed by atoms with Crippen LogP contribution in [0.15, 0.2) is 4.99 Å². The highest BCUT2D eigenvalue weighted by atomic mass is 127. The molecule has 1 aliphatic heterocycles. The number of nitrogens with zero attached hydrogens (tertiary/aromatic N) is 3. The van der Waals surface area contributed by atoms with Gasteiger partial charge in [-0.1, -0.05) is 0 Å². The van der Waals surface area contributed by atoms with Gasteiger partial charge in [0, 0.05) is 34.8 Å². The van der Waals surface area contributed by atoms with Crippen molar-refractivity contribution in [2.75, 3.05) is 54.6 Å². The van der Waals surface area contributed by atoms with Gasteiger partial charge in [0.15, 0.2) is 5.96 Å². The van der Waals surface area contributed by atoms with Crippen molar-refractivity contribution in [1.29, 1.82) is 0 Å². The maximum Gasteiger partial charge on any atom is 0.195 e.